The molecule has 4 aliphatic rings. The van der Waals surface area contributed by atoms with Gasteiger partial charge in [-0.15, -0.1) is 11.8 Å². The molecule has 1 aromatic heterocycles. The zero-order valence-corrected chi connectivity index (χ0v) is 25.1. The first kappa shape index (κ1) is 29.1. The predicted molar refractivity (Wildman–Crippen MR) is 158 cm³/mol. The molecule has 1 aromatic carbocycles. The second kappa shape index (κ2) is 10.9. The van der Waals surface area contributed by atoms with Gasteiger partial charge < -0.3 is 20.2 Å². The second-order valence-corrected chi connectivity index (χ2v) is 14.5. The van der Waals surface area contributed by atoms with Crippen molar-refractivity contribution in [3.63, 3.8) is 0 Å². The van der Waals surface area contributed by atoms with Gasteiger partial charge in [-0.1, -0.05) is 0 Å². The first-order chi connectivity index (χ1) is 19.4. The summed E-state index contributed by atoms with van der Waals surface area (Å²) >= 11 is 1.94. The molecule has 1 spiro atoms. The summed E-state index contributed by atoms with van der Waals surface area (Å²) in [5, 5.41) is 14.7. The lowest BCUT2D eigenvalue weighted by Gasteiger charge is -2.52. The number of likely N-dealkylation sites (tertiary alicyclic amines) is 1. The van der Waals surface area contributed by atoms with Crippen LogP contribution >= 0.6 is 11.8 Å². The topological polar surface area (TPSA) is 64.5 Å². The standard InChI is InChI=1S/C31H42F3N5OS/c1-20(2)38-12-8-29(9-13-38)17-24(18-29)41-23-6-7-26(21(3)16-23)36-28-35-19-25(31(32,33)34)27(37-28)39-14-10-30(40,11-15-39)22-4-5-22/h6-7,16,19-20,22,24,40H,4-5,8-15,17-18H2,1-3H3,(H,35,36,37). The number of aromatic nitrogens is 2. The summed E-state index contributed by atoms with van der Waals surface area (Å²) in [5.74, 6) is 0.316. The number of alkyl halides is 3. The van der Waals surface area contributed by atoms with Gasteiger partial charge in [0.25, 0.3) is 0 Å². The number of aliphatic hydroxyl groups is 1. The van der Waals surface area contributed by atoms with E-state index >= 15 is 0 Å². The molecule has 10 heteroatoms. The molecule has 0 radical (unpaired) electrons. The van der Waals surface area contributed by atoms with Crippen LogP contribution in [0.5, 0.6) is 0 Å². The van der Waals surface area contributed by atoms with Gasteiger partial charge in [0, 0.05) is 41.2 Å². The van der Waals surface area contributed by atoms with E-state index in [1.165, 1.54) is 43.7 Å². The van der Waals surface area contributed by atoms with Gasteiger partial charge in [-0.25, -0.2) is 4.98 Å². The summed E-state index contributed by atoms with van der Waals surface area (Å²) in [6.07, 6.45) is 4.40. The number of nitrogens with zero attached hydrogens (tertiary/aromatic N) is 4. The maximum Gasteiger partial charge on any atom is 0.421 e. The molecule has 224 valence electrons. The number of hydrogen-bond donors (Lipinski definition) is 2. The van der Waals surface area contributed by atoms with Gasteiger partial charge in [0.05, 0.1) is 5.60 Å². The SMILES string of the molecule is Cc1cc(SC2CC3(CCN(C(C)C)CC3)C2)ccc1Nc1ncc(C(F)(F)F)c(N2CCC(O)(C3CC3)CC2)n1. The zero-order chi connectivity index (χ0) is 29.0. The Morgan fingerprint density at radius 2 is 1.73 bits per heavy atom. The Kier molecular flexibility index (Phi) is 7.73. The fourth-order valence-corrected chi connectivity index (χ4v) is 8.73. The maximum atomic E-state index is 13.9. The molecule has 2 aliphatic carbocycles. The van der Waals surface area contributed by atoms with Crippen molar-refractivity contribution in [3.8, 4) is 0 Å². The molecule has 0 unspecified atom stereocenters. The van der Waals surface area contributed by atoms with Crippen molar-refractivity contribution in [2.75, 3.05) is 36.4 Å². The van der Waals surface area contributed by atoms with Crippen molar-refractivity contribution < 1.29 is 18.3 Å². The van der Waals surface area contributed by atoms with Crippen LogP contribution in [0.15, 0.2) is 29.3 Å². The van der Waals surface area contributed by atoms with Gasteiger partial charge in [0.2, 0.25) is 5.95 Å². The van der Waals surface area contributed by atoms with E-state index in [0.29, 0.717) is 42.6 Å². The second-order valence-electron chi connectivity index (χ2n) is 13.2. The Labute approximate surface area is 245 Å². The third-order valence-corrected chi connectivity index (χ3v) is 11.2. The van der Waals surface area contributed by atoms with E-state index < -0.39 is 17.3 Å². The van der Waals surface area contributed by atoms with E-state index in [9.17, 15) is 18.3 Å². The zero-order valence-electron chi connectivity index (χ0n) is 24.3. The summed E-state index contributed by atoms with van der Waals surface area (Å²) in [6, 6.07) is 6.84. The fourth-order valence-electron chi connectivity index (χ4n) is 7.08. The number of rotatable bonds is 7. The van der Waals surface area contributed by atoms with Crippen molar-refractivity contribution in [1.82, 2.24) is 14.9 Å². The lowest BCUT2D eigenvalue weighted by atomic mass is 9.63. The number of piperidine rings is 2. The van der Waals surface area contributed by atoms with Gasteiger partial charge in [-0.2, -0.15) is 18.2 Å². The van der Waals surface area contributed by atoms with Crippen LogP contribution in [0.2, 0.25) is 0 Å². The molecular formula is C31H42F3N5OS. The third kappa shape index (κ3) is 6.20. The molecule has 2 aliphatic heterocycles. The molecule has 0 bridgehead atoms. The van der Waals surface area contributed by atoms with Gasteiger partial charge in [-0.3, -0.25) is 0 Å². The van der Waals surface area contributed by atoms with Crippen LogP contribution in [0.4, 0.5) is 30.6 Å². The monoisotopic (exact) mass is 589 g/mol. The molecule has 0 atom stereocenters. The molecule has 0 amide bonds. The first-order valence-electron chi connectivity index (χ1n) is 15.1. The van der Waals surface area contributed by atoms with E-state index in [1.807, 2.05) is 24.8 Å². The highest BCUT2D eigenvalue weighted by atomic mass is 32.2. The lowest BCUT2D eigenvalue weighted by Crippen LogP contribution is -2.49. The summed E-state index contributed by atoms with van der Waals surface area (Å²) in [7, 11) is 0. The van der Waals surface area contributed by atoms with E-state index in [4.69, 9.17) is 0 Å². The number of nitrogens with one attached hydrogen (secondary N) is 1. The van der Waals surface area contributed by atoms with Crippen LogP contribution < -0.4 is 10.2 Å². The Hall–Kier alpha value is -2.04. The number of aryl methyl sites for hydroxylation is 1. The van der Waals surface area contributed by atoms with Crippen molar-refractivity contribution in [2.45, 2.75) is 100 Å². The van der Waals surface area contributed by atoms with E-state index in [1.54, 1.807) is 4.90 Å². The van der Waals surface area contributed by atoms with Crippen LogP contribution in [-0.4, -0.2) is 63.0 Å². The van der Waals surface area contributed by atoms with Crippen LogP contribution in [0.1, 0.15) is 76.3 Å². The Morgan fingerprint density at radius 1 is 1.05 bits per heavy atom. The highest BCUT2D eigenvalue weighted by molar-refractivity contribution is 8.00. The van der Waals surface area contributed by atoms with E-state index in [0.717, 1.165) is 30.3 Å². The minimum atomic E-state index is -4.56. The van der Waals surface area contributed by atoms with Crippen molar-refractivity contribution in [3.05, 3.63) is 35.5 Å². The summed E-state index contributed by atoms with van der Waals surface area (Å²) in [5.41, 5.74) is 0.726. The van der Waals surface area contributed by atoms with Crippen molar-refractivity contribution in [1.29, 1.82) is 0 Å². The number of benzene rings is 1. The molecule has 4 fully saturated rings. The van der Waals surface area contributed by atoms with Gasteiger partial charge in [0.15, 0.2) is 0 Å². The molecule has 2 N–H and O–H groups in total. The normalized spacial score (nSPS) is 23.2. The van der Waals surface area contributed by atoms with Crippen molar-refractivity contribution in [2.24, 2.45) is 11.3 Å². The molecule has 6 nitrogen and oxygen atoms in total. The summed E-state index contributed by atoms with van der Waals surface area (Å²) < 4.78 is 41.7. The van der Waals surface area contributed by atoms with Crippen LogP contribution in [-0.2, 0) is 6.18 Å². The first-order valence-corrected chi connectivity index (χ1v) is 16.0. The van der Waals surface area contributed by atoms with E-state index in [2.05, 4.69) is 46.2 Å². The largest absolute Gasteiger partial charge is 0.421 e. The molecule has 2 aromatic rings. The number of hydrogen-bond acceptors (Lipinski definition) is 7. The van der Waals surface area contributed by atoms with Crippen LogP contribution in [0, 0.1) is 18.3 Å². The predicted octanol–water partition coefficient (Wildman–Crippen LogP) is 7.03. The average Bonchev–Trinajstić information content (AvgIpc) is 3.76. The molecular weight excluding hydrogens is 547 g/mol. The number of halogens is 3. The summed E-state index contributed by atoms with van der Waals surface area (Å²) in [6.45, 7) is 9.68. The molecule has 2 saturated heterocycles. The minimum absolute atomic E-state index is 0.115. The highest BCUT2D eigenvalue weighted by Crippen LogP contribution is 2.55. The number of thioether (sulfide) groups is 1. The molecule has 6 rings (SSSR count). The van der Waals surface area contributed by atoms with Gasteiger partial charge in [-0.05, 0) is 120 Å². The Balaban J connectivity index is 1.10. The smallest absolute Gasteiger partial charge is 0.389 e. The minimum Gasteiger partial charge on any atom is -0.389 e. The molecule has 3 heterocycles. The van der Waals surface area contributed by atoms with Crippen molar-refractivity contribution >= 4 is 29.2 Å². The fraction of sp³-hybridized carbons (Fsp3) is 0.677. The lowest BCUT2D eigenvalue weighted by molar-refractivity contribution is -0.137. The van der Waals surface area contributed by atoms with Gasteiger partial charge in [0.1, 0.15) is 11.4 Å². The Bertz CT molecular complexity index is 1240. The Morgan fingerprint density at radius 3 is 2.32 bits per heavy atom. The molecule has 41 heavy (non-hydrogen) atoms. The maximum absolute atomic E-state index is 13.9. The highest BCUT2D eigenvalue weighted by Gasteiger charge is 2.47. The van der Waals surface area contributed by atoms with Crippen LogP contribution in [0.3, 0.4) is 0 Å². The average molecular weight is 590 g/mol. The summed E-state index contributed by atoms with van der Waals surface area (Å²) in [4.78, 5) is 13.9. The number of anilines is 3. The van der Waals surface area contributed by atoms with Crippen LogP contribution in [0.25, 0.3) is 0 Å². The van der Waals surface area contributed by atoms with E-state index in [-0.39, 0.29) is 17.7 Å². The molecule has 2 saturated carbocycles. The third-order valence-electron chi connectivity index (χ3n) is 10.00. The van der Waals surface area contributed by atoms with Gasteiger partial charge >= 0.3 is 6.18 Å². The quantitative estimate of drug-likeness (QED) is 0.359.